The molecule has 5 heteroatoms. The van der Waals surface area contributed by atoms with E-state index in [9.17, 15) is 4.79 Å². The van der Waals surface area contributed by atoms with Gasteiger partial charge in [0.05, 0.1) is 5.56 Å². The number of hydrogen-bond donors (Lipinski definition) is 2. The van der Waals surface area contributed by atoms with Crippen LogP contribution in [0, 0.1) is 0 Å². The lowest BCUT2D eigenvalue weighted by molar-refractivity contribution is 0.0963. The molecular formula is C17H17N3OS. The Hall–Kier alpha value is -2.40. The molecule has 22 heavy (non-hydrogen) atoms. The van der Waals surface area contributed by atoms with Crippen molar-refractivity contribution in [1.82, 2.24) is 10.3 Å². The van der Waals surface area contributed by atoms with E-state index in [1.54, 1.807) is 36.7 Å². The van der Waals surface area contributed by atoms with E-state index in [4.69, 9.17) is 0 Å². The summed E-state index contributed by atoms with van der Waals surface area (Å²) in [5.41, 5.74) is 1.89. The second-order valence-electron chi connectivity index (χ2n) is 4.91. The summed E-state index contributed by atoms with van der Waals surface area (Å²) in [5, 5.41) is 9.40. The first-order valence-corrected chi connectivity index (χ1v) is 8.03. The molecule has 4 nitrogen and oxygen atoms in total. The Morgan fingerprint density at radius 1 is 1.23 bits per heavy atom. The number of benzene rings is 1. The Bertz CT molecular complexity index is 797. The van der Waals surface area contributed by atoms with Crippen molar-refractivity contribution in [3.05, 3.63) is 59.1 Å². The van der Waals surface area contributed by atoms with E-state index in [-0.39, 0.29) is 5.91 Å². The molecule has 0 aliphatic rings. The molecule has 2 heterocycles. The fraction of sp³-hybridized carbons (Fsp3) is 0.176. The van der Waals surface area contributed by atoms with Gasteiger partial charge in [0, 0.05) is 24.5 Å². The molecule has 1 aromatic carbocycles. The van der Waals surface area contributed by atoms with Gasteiger partial charge in [0.1, 0.15) is 5.82 Å². The first-order valence-electron chi connectivity index (χ1n) is 7.15. The predicted molar refractivity (Wildman–Crippen MR) is 91.6 cm³/mol. The number of nitrogens with zero attached hydrogens (tertiary/aromatic N) is 1. The van der Waals surface area contributed by atoms with Crippen LogP contribution in [-0.2, 0) is 6.42 Å². The number of amides is 1. The van der Waals surface area contributed by atoms with Gasteiger partial charge in [-0.15, -0.1) is 11.3 Å². The van der Waals surface area contributed by atoms with E-state index in [2.05, 4.69) is 45.3 Å². The minimum Gasteiger partial charge on any atom is -0.369 e. The largest absolute Gasteiger partial charge is 0.369 e. The number of rotatable bonds is 5. The second-order valence-corrected chi connectivity index (χ2v) is 5.82. The summed E-state index contributed by atoms with van der Waals surface area (Å²) < 4.78 is 1.31. The van der Waals surface area contributed by atoms with Crippen LogP contribution in [0.3, 0.4) is 0 Å². The minimum absolute atomic E-state index is 0.128. The molecule has 112 valence electrons. The molecule has 3 rings (SSSR count). The molecule has 1 amide bonds. The van der Waals surface area contributed by atoms with Crippen molar-refractivity contribution in [1.29, 1.82) is 0 Å². The van der Waals surface area contributed by atoms with Crippen molar-refractivity contribution < 1.29 is 4.79 Å². The van der Waals surface area contributed by atoms with Crippen LogP contribution in [0.2, 0.25) is 0 Å². The van der Waals surface area contributed by atoms with Gasteiger partial charge in [-0.3, -0.25) is 4.79 Å². The molecule has 0 fully saturated rings. The smallest absolute Gasteiger partial charge is 0.254 e. The zero-order valence-electron chi connectivity index (χ0n) is 12.3. The number of carbonyl (C=O) groups excluding carboxylic acids is 1. The molecule has 0 unspecified atom stereocenters. The van der Waals surface area contributed by atoms with Crippen LogP contribution in [0.5, 0.6) is 0 Å². The van der Waals surface area contributed by atoms with E-state index in [1.165, 1.54) is 15.6 Å². The maximum absolute atomic E-state index is 11.8. The summed E-state index contributed by atoms with van der Waals surface area (Å²) >= 11 is 1.76. The summed E-state index contributed by atoms with van der Waals surface area (Å²) in [5.74, 6) is 0.498. The van der Waals surface area contributed by atoms with Gasteiger partial charge < -0.3 is 10.6 Å². The molecule has 0 radical (unpaired) electrons. The van der Waals surface area contributed by atoms with Crippen LogP contribution < -0.4 is 10.6 Å². The quantitative estimate of drug-likeness (QED) is 0.760. The minimum atomic E-state index is -0.128. The number of aromatic nitrogens is 1. The third-order valence-electron chi connectivity index (χ3n) is 3.53. The SMILES string of the molecule is CNC(=O)c1cccnc1NCCc1csc2ccccc12. The van der Waals surface area contributed by atoms with Crippen LogP contribution in [0.1, 0.15) is 15.9 Å². The van der Waals surface area contributed by atoms with Crippen LogP contribution in [0.15, 0.2) is 48.0 Å². The highest BCUT2D eigenvalue weighted by molar-refractivity contribution is 7.17. The molecule has 3 aromatic rings. The van der Waals surface area contributed by atoms with E-state index >= 15 is 0 Å². The monoisotopic (exact) mass is 311 g/mol. The Morgan fingerprint density at radius 2 is 2.09 bits per heavy atom. The van der Waals surface area contributed by atoms with E-state index < -0.39 is 0 Å². The molecule has 0 aliphatic heterocycles. The fourth-order valence-electron chi connectivity index (χ4n) is 2.41. The molecule has 0 spiro atoms. The Kier molecular flexibility index (Phi) is 4.34. The summed E-state index contributed by atoms with van der Waals surface area (Å²) in [6, 6.07) is 12.0. The van der Waals surface area contributed by atoms with Gasteiger partial charge in [-0.05, 0) is 40.9 Å². The number of pyridine rings is 1. The zero-order valence-corrected chi connectivity index (χ0v) is 13.1. The van der Waals surface area contributed by atoms with Gasteiger partial charge in [0.25, 0.3) is 5.91 Å². The van der Waals surface area contributed by atoms with Crippen LogP contribution >= 0.6 is 11.3 Å². The number of anilines is 1. The number of carbonyl (C=O) groups is 1. The topological polar surface area (TPSA) is 54.0 Å². The predicted octanol–water partition coefficient (Wildman–Crippen LogP) is 3.31. The highest BCUT2D eigenvalue weighted by atomic mass is 32.1. The Balaban J connectivity index is 1.70. The molecule has 0 bridgehead atoms. The van der Waals surface area contributed by atoms with Crippen molar-refractivity contribution in [3.63, 3.8) is 0 Å². The Labute approximate surface area is 133 Å². The normalized spacial score (nSPS) is 10.6. The summed E-state index contributed by atoms with van der Waals surface area (Å²) in [6.45, 7) is 0.738. The fourth-order valence-corrected chi connectivity index (χ4v) is 3.40. The summed E-state index contributed by atoms with van der Waals surface area (Å²) in [6.07, 6.45) is 2.59. The zero-order chi connectivity index (χ0) is 15.4. The molecule has 0 saturated heterocycles. The van der Waals surface area contributed by atoms with Gasteiger partial charge in [0.15, 0.2) is 0 Å². The van der Waals surface area contributed by atoms with E-state index in [0.29, 0.717) is 11.4 Å². The van der Waals surface area contributed by atoms with Crippen LogP contribution in [-0.4, -0.2) is 24.5 Å². The van der Waals surface area contributed by atoms with Crippen molar-refractivity contribution in [2.24, 2.45) is 0 Å². The second kappa shape index (κ2) is 6.58. The lowest BCUT2D eigenvalue weighted by Crippen LogP contribution is -2.20. The van der Waals surface area contributed by atoms with Gasteiger partial charge in [-0.2, -0.15) is 0 Å². The van der Waals surface area contributed by atoms with Gasteiger partial charge in [-0.1, -0.05) is 18.2 Å². The average molecular weight is 311 g/mol. The van der Waals surface area contributed by atoms with Gasteiger partial charge in [-0.25, -0.2) is 4.98 Å². The maximum atomic E-state index is 11.8. The molecule has 2 aromatic heterocycles. The molecular weight excluding hydrogens is 294 g/mol. The third-order valence-corrected chi connectivity index (χ3v) is 4.54. The third kappa shape index (κ3) is 2.94. The van der Waals surface area contributed by atoms with Gasteiger partial charge >= 0.3 is 0 Å². The molecule has 2 N–H and O–H groups in total. The highest BCUT2D eigenvalue weighted by Gasteiger charge is 2.10. The molecule has 0 atom stereocenters. The first kappa shape index (κ1) is 14.5. The summed E-state index contributed by atoms with van der Waals surface area (Å²) in [7, 11) is 1.62. The summed E-state index contributed by atoms with van der Waals surface area (Å²) in [4.78, 5) is 16.1. The lowest BCUT2D eigenvalue weighted by Gasteiger charge is -2.09. The molecule has 0 aliphatic carbocycles. The van der Waals surface area contributed by atoms with E-state index in [0.717, 1.165) is 13.0 Å². The van der Waals surface area contributed by atoms with Crippen LogP contribution in [0.25, 0.3) is 10.1 Å². The number of thiophene rings is 1. The van der Waals surface area contributed by atoms with Crippen LogP contribution in [0.4, 0.5) is 5.82 Å². The average Bonchev–Trinajstić information content (AvgIpc) is 2.98. The number of nitrogens with one attached hydrogen (secondary N) is 2. The van der Waals surface area contributed by atoms with Crippen molar-refractivity contribution in [3.8, 4) is 0 Å². The number of hydrogen-bond acceptors (Lipinski definition) is 4. The van der Waals surface area contributed by atoms with Crippen molar-refractivity contribution in [2.45, 2.75) is 6.42 Å². The lowest BCUT2D eigenvalue weighted by atomic mass is 10.1. The maximum Gasteiger partial charge on any atom is 0.254 e. The standard InChI is InChI=1S/C17H17N3OS/c1-18-17(21)14-6-4-9-19-16(14)20-10-8-12-11-22-15-7-3-2-5-13(12)15/h2-7,9,11H,8,10H2,1H3,(H,18,21)(H,19,20). The highest BCUT2D eigenvalue weighted by Crippen LogP contribution is 2.26. The van der Waals surface area contributed by atoms with Crippen molar-refractivity contribution >= 4 is 33.1 Å². The van der Waals surface area contributed by atoms with Crippen molar-refractivity contribution in [2.75, 3.05) is 18.9 Å². The number of fused-ring (bicyclic) bond motifs is 1. The first-order chi connectivity index (χ1) is 10.8. The van der Waals surface area contributed by atoms with E-state index in [1.807, 2.05) is 0 Å². The Morgan fingerprint density at radius 3 is 2.95 bits per heavy atom. The molecule has 0 saturated carbocycles. The van der Waals surface area contributed by atoms with Gasteiger partial charge in [0.2, 0.25) is 0 Å².